The Morgan fingerprint density at radius 2 is 2.28 bits per heavy atom. The molecule has 1 aromatic carbocycles. The fourth-order valence-electron chi connectivity index (χ4n) is 3.00. The van der Waals surface area contributed by atoms with E-state index in [1.54, 1.807) is 0 Å². The van der Waals surface area contributed by atoms with E-state index in [4.69, 9.17) is 0 Å². The normalized spacial score (nSPS) is 22.7. The van der Waals surface area contributed by atoms with Crippen molar-refractivity contribution in [1.82, 2.24) is 14.9 Å². The minimum Gasteiger partial charge on any atom is -0.333 e. The third-order valence-electron chi connectivity index (χ3n) is 3.82. The number of nitrogens with one attached hydrogen (secondary N) is 1. The Morgan fingerprint density at radius 3 is 3.06 bits per heavy atom. The van der Waals surface area contributed by atoms with Crippen LogP contribution in [0.25, 0.3) is 0 Å². The number of aromatic nitrogens is 2. The molecule has 18 heavy (non-hydrogen) atoms. The average Bonchev–Trinajstić information content (AvgIpc) is 2.93. The summed E-state index contributed by atoms with van der Waals surface area (Å²) in [6, 6.07) is 9.66. The number of benzene rings is 1. The van der Waals surface area contributed by atoms with Gasteiger partial charge in [0.1, 0.15) is 0 Å². The second-order valence-electron chi connectivity index (χ2n) is 4.85. The maximum absolute atomic E-state index is 4.18. The summed E-state index contributed by atoms with van der Waals surface area (Å²) in [5.41, 5.74) is 2.93. The van der Waals surface area contributed by atoms with Crippen LogP contribution in [0.15, 0.2) is 43.0 Å². The van der Waals surface area contributed by atoms with Crippen LogP contribution in [0.3, 0.4) is 0 Å². The van der Waals surface area contributed by atoms with Crippen LogP contribution >= 0.6 is 0 Å². The van der Waals surface area contributed by atoms with Crippen LogP contribution in [0.4, 0.5) is 0 Å². The molecule has 2 aromatic rings. The maximum atomic E-state index is 4.18. The predicted octanol–water partition coefficient (Wildman–Crippen LogP) is 2.72. The number of hydrogen-bond donors (Lipinski definition) is 1. The molecule has 1 aliphatic rings. The Balaban J connectivity index is 1.98. The average molecular weight is 241 g/mol. The first kappa shape index (κ1) is 11.5. The van der Waals surface area contributed by atoms with Gasteiger partial charge in [-0.2, -0.15) is 0 Å². The van der Waals surface area contributed by atoms with Crippen molar-refractivity contribution >= 4 is 0 Å². The zero-order chi connectivity index (χ0) is 12.4. The molecule has 2 atom stereocenters. The molecule has 1 aliphatic carbocycles. The van der Waals surface area contributed by atoms with E-state index in [0.29, 0.717) is 12.1 Å². The molecule has 0 spiro atoms. The van der Waals surface area contributed by atoms with E-state index < -0.39 is 0 Å². The van der Waals surface area contributed by atoms with Gasteiger partial charge < -0.3 is 9.88 Å². The van der Waals surface area contributed by atoms with Crippen LogP contribution < -0.4 is 5.32 Å². The Hall–Kier alpha value is -1.61. The Kier molecular flexibility index (Phi) is 3.15. The zero-order valence-corrected chi connectivity index (χ0v) is 10.7. The summed E-state index contributed by atoms with van der Waals surface area (Å²) in [5.74, 6) is 0. The quantitative estimate of drug-likeness (QED) is 0.895. The zero-order valence-electron chi connectivity index (χ0n) is 10.7. The van der Waals surface area contributed by atoms with Crippen molar-refractivity contribution in [2.75, 3.05) is 6.54 Å². The van der Waals surface area contributed by atoms with Crippen molar-refractivity contribution in [2.45, 2.75) is 31.8 Å². The van der Waals surface area contributed by atoms with Crippen LogP contribution in [0, 0.1) is 0 Å². The molecule has 94 valence electrons. The minimum absolute atomic E-state index is 0.397. The summed E-state index contributed by atoms with van der Waals surface area (Å²) in [6.45, 7) is 3.16. The van der Waals surface area contributed by atoms with E-state index in [0.717, 1.165) is 13.0 Å². The fraction of sp³-hybridized carbons (Fsp3) is 0.400. The first-order chi connectivity index (χ1) is 8.90. The molecule has 0 bridgehead atoms. The summed E-state index contributed by atoms with van der Waals surface area (Å²) in [4.78, 5) is 4.18. The standard InChI is InChI=1S/C15H19N3/c1-2-17-15-13-6-4-3-5-12(13)7-8-14(15)18-10-9-16-11-18/h3-6,9-11,14-15,17H,2,7-8H2,1H3. The smallest absolute Gasteiger partial charge is 0.0949 e. The van der Waals surface area contributed by atoms with Gasteiger partial charge in [-0.25, -0.2) is 4.98 Å². The first-order valence-electron chi connectivity index (χ1n) is 6.68. The highest BCUT2D eigenvalue weighted by molar-refractivity contribution is 5.33. The van der Waals surface area contributed by atoms with E-state index in [1.165, 1.54) is 17.5 Å². The number of nitrogens with zero attached hydrogens (tertiary/aromatic N) is 2. The van der Waals surface area contributed by atoms with Crippen molar-refractivity contribution in [3.63, 3.8) is 0 Å². The molecule has 3 rings (SSSR count). The minimum atomic E-state index is 0.397. The van der Waals surface area contributed by atoms with E-state index in [1.807, 2.05) is 12.5 Å². The van der Waals surface area contributed by atoms with Gasteiger partial charge in [0, 0.05) is 12.4 Å². The van der Waals surface area contributed by atoms with Crippen molar-refractivity contribution in [2.24, 2.45) is 0 Å². The number of rotatable bonds is 3. The number of fused-ring (bicyclic) bond motifs is 1. The second kappa shape index (κ2) is 4.94. The van der Waals surface area contributed by atoms with Gasteiger partial charge in [-0.05, 0) is 30.5 Å². The lowest BCUT2D eigenvalue weighted by Gasteiger charge is -2.35. The third kappa shape index (κ3) is 1.95. The highest BCUT2D eigenvalue weighted by atomic mass is 15.1. The summed E-state index contributed by atoms with van der Waals surface area (Å²) in [6.07, 6.45) is 8.20. The first-order valence-corrected chi connectivity index (χ1v) is 6.68. The molecule has 0 fully saturated rings. The molecule has 0 saturated heterocycles. The van der Waals surface area contributed by atoms with Gasteiger partial charge in [0.25, 0.3) is 0 Å². The summed E-state index contributed by atoms with van der Waals surface area (Å²) >= 11 is 0. The van der Waals surface area contributed by atoms with E-state index in [2.05, 4.69) is 52.3 Å². The van der Waals surface area contributed by atoms with Gasteiger partial charge >= 0.3 is 0 Å². The summed E-state index contributed by atoms with van der Waals surface area (Å²) in [5, 5.41) is 3.63. The molecule has 3 heteroatoms. The molecule has 0 radical (unpaired) electrons. The van der Waals surface area contributed by atoms with Gasteiger partial charge in [0.05, 0.1) is 18.4 Å². The molecule has 1 aromatic heterocycles. The van der Waals surface area contributed by atoms with Crippen molar-refractivity contribution in [1.29, 1.82) is 0 Å². The van der Waals surface area contributed by atoms with Gasteiger partial charge in [0.15, 0.2) is 0 Å². The van der Waals surface area contributed by atoms with Crippen LogP contribution in [0.5, 0.6) is 0 Å². The molecular weight excluding hydrogens is 222 g/mol. The van der Waals surface area contributed by atoms with E-state index >= 15 is 0 Å². The second-order valence-corrected chi connectivity index (χ2v) is 4.85. The van der Waals surface area contributed by atoms with E-state index in [-0.39, 0.29) is 0 Å². The molecular formula is C15H19N3. The van der Waals surface area contributed by atoms with Gasteiger partial charge in [-0.3, -0.25) is 0 Å². The molecule has 0 saturated carbocycles. The van der Waals surface area contributed by atoms with Crippen LogP contribution in [0.2, 0.25) is 0 Å². The molecule has 3 nitrogen and oxygen atoms in total. The Labute approximate surface area is 108 Å². The molecule has 1 N–H and O–H groups in total. The van der Waals surface area contributed by atoms with Crippen LogP contribution in [-0.4, -0.2) is 16.1 Å². The highest BCUT2D eigenvalue weighted by Crippen LogP contribution is 2.37. The van der Waals surface area contributed by atoms with Gasteiger partial charge in [0.2, 0.25) is 0 Å². The molecule has 0 amide bonds. The summed E-state index contributed by atoms with van der Waals surface area (Å²) in [7, 11) is 0. The van der Waals surface area contributed by atoms with Crippen molar-refractivity contribution in [3.8, 4) is 0 Å². The Morgan fingerprint density at radius 1 is 1.39 bits per heavy atom. The SMILES string of the molecule is CCNC1c2ccccc2CCC1n1ccnc1. The number of hydrogen-bond acceptors (Lipinski definition) is 2. The molecule has 0 aliphatic heterocycles. The number of imidazole rings is 1. The van der Waals surface area contributed by atoms with Crippen molar-refractivity contribution in [3.05, 3.63) is 54.1 Å². The van der Waals surface area contributed by atoms with Gasteiger partial charge in [-0.15, -0.1) is 0 Å². The van der Waals surface area contributed by atoms with E-state index in [9.17, 15) is 0 Å². The fourth-order valence-corrected chi connectivity index (χ4v) is 3.00. The van der Waals surface area contributed by atoms with Gasteiger partial charge in [-0.1, -0.05) is 31.2 Å². The summed E-state index contributed by atoms with van der Waals surface area (Å²) < 4.78 is 2.24. The van der Waals surface area contributed by atoms with Crippen LogP contribution in [0.1, 0.15) is 36.6 Å². The maximum Gasteiger partial charge on any atom is 0.0949 e. The predicted molar refractivity (Wildman–Crippen MR) is 72.4 cm³/mol. The molecule has 1 heterocycles. The largest absolute Gasteiger partial charge is 0.333 e. The lowest BCUT2D eigenvalue weighted by Crippen LogP contribution is -2.33. The Bertz CT molecular complexity index is 504. The topological polar surface area (TPSA) is 29.9 Å². The highest BCUT2D eigenvalue weighted by Gasteiger charge is 2.29. The lowest BCUT2D eigenvalue weighted by molar-refractivity contribution is 0.322. The third-order valence-corrected chi connectivity index (χ3v) is 3.82. The van der Waals surface area contributed by atoms with Crippen molar-refractivity contribution < 1.29 is 0 Å². The van der Waals surface area contributed by atoms with Crippen LogP contribution in [-0.2, 0) is 6.42 Å². The number of likely N-dealkylation sites (N-methyl/N-ethyl adjacent to an activating group) is 1. The monoisotopic (exact) mass is 241 g/mol. The number of aryl methyl sites for hydroxylation is 1. The molecule has 2 unspecified atom stereocenters. The lowest BCUT2D eigenvalue weighted by atomic mass is 9.84.